The highest BCUT2D eigenvalue weighted by atomic mass is 16.6. The van der Waals surface area contributed by atoms with Gasteiger partial charge in [-0.25, -0.2) is 4.79 Å². The lowest BCUT2D eigenvalue weighted by molar-refractivity contribution is -0.144. The van der Waals surface area contributed by atoms with Crippen molar-refractivity contribution in [3.8, 4) is 0 Å². The summed E-state index contributed by atoms with van der Waals surface area (Å²) in [6.07, 6.45) is 8.57. The SMILES string of the molecule is CCCCCCCCCOC(=O)CN(C)C(=O)OCCC. The number of rotatable bonds is 12. The number of amides is 1. The topological polar surface area (TPSA) is 55.8 Å². The Labute approximate surface area is 129 Å². The molecule has 0 aromatic rings. The molecule has 0 N–H and O–H groups in total. The molecule has 0 radical (unpaired) electrons. The lowest BCUT2D eigenvalue weighted by Crippen LogP contribution is -2.33. The minimum Gasteiger partial charge on any atom is -0.464 e. The summed E-state index contributed by atoms with van der Waals surface area (Å²) in [5.74, 6) is -0.378. The molecule has 0 unspecified atom stereocenters. The quantitative estimate of drug-likeness (QED) is 0.407. The van der Waals surface area contributed by atoms with Gasteiger partial charge in [-0.05, 0) is 12.8 Å². The van der Waals surface area contributed by atoms with E-state index >= 15 is 0 Å². The van der Waals surface area contributed by atoms with Crippen LogP contribution in [0.1, 0.15) is 65.2 Å². The van der Waals surface area contributed by atoms with E-state index in [1.54, 1.807) is 0 Å². The third-order valence-corrected chi connectivity index (χ3v) is 3.12. The number of carbonyl (C=O) groups excluding carboxylic acids is 2. The number of esters is 1. The van der Waals surface area contributed by atoms with Crippen LogP contribution in [0.5, 0.6) is 0 Å². The highest BCUT2D eigenvalue weighted by Gasteiger charge is 2.14. The maximum atomic E-state index is 11.5. The van der Waals surface area contributed by atoms with Gasteiger partial charge in [-0.15, -0.1) is 0 Å². The fraction of sp³-hybridized carbons (Fsp3) is 0.875. The van der Waals surface area contributed by atoms with Crippen LogP contribution in [0, 0.1) is 0 Å². The standard InChI is InChI=1S/C16H31NO4/c1-4-6-7-8-9-10-11-13-20-15(18)14-17(3)16(19)21-12-5-2/h4-14H2,1-3H3. The number of carbonyl (C=O) groups is 2. The predicted molar refractivity (Wildman–Crippen MR) is 83.2 cm³/mol. The molecule has 0 saturated carbocycles. The average Bonchev–Trinajstić information content (AvgIpc) is 2.47. The second kappa shape index (κ2) is 13.7. The summed E-state index contributed by atoms with van der Waals surface area (Å²) in [7, 11) is 1.53. The number of hydrogen-bond acceptors (Lipinski definition) is 4. The van der Waals surface area contributed by atoms with Gasteiger partial charge in [0, 0.05) is 7.05 Å². The fourth-order valence-electron chi connectivity index (χ4n) is 1.85. The van der Waals surface area contributed by atoms with Crippen LogP contribution in [-0.4, -0.2) is 43.8 Å². The first-order valence-corrected chi connectivity index (χ1v) is 8.15. The van der Waals surface area contributed by atoms with Crippen molar-refractivity contribution in [2.75, 3.05) is 26.8 Å². The minimum atomic E-state index is -0.482. The van der Waals surface area contributed by atoms with Crippen LogP contribution in [0.15, 0.2) is 0 Å². The van der Waals surface area contributed by atoms with Crippen molar-refractivity contribution in [3.63, 3.8) is 0 Å². The van der Waals surface area contributed by atoms with Gasteiger partial charge in [0.15, 0.2) is 0 Å². The summed E-state index contributed by atoms with van der Waals surface area (Å²) in [4.78, 5) is 24.2. The summed E-state index contributed by atoms with van der Waals surface area (Å²) in [6.45, 7) is 4.87. The highest BCUT2D eigenvalue weighted by Crippen LogP contribution is 2.06. The minimum absolute atomic E-state index is 0.0565. The van der Waals surface area contributed by atoms with E-state index in [2.05, 4.69) is 6.92 Å². The zero-order chi connectivity index (χ0) is 15.9. The first-order chi connectivity index (χ1) is 10.1. The maximum absolute atomic E-state index is 11.5. The molecule has 124 valence electrons. The molecule has 0 aliphatic carbocycles. The van der Waals surface area contributed by atoms with Gasteiger partial charge in [-0.2, -0.15) is 0 Å². The van der Waals surface area contributed by atoms with Crippen LogP contribution in [-0.2, 0) is 14.3 Å². The summed E-state index contributed by atoms with van der Waals surface area (Å²) in [6, 6.07) is 0. The molecule has 5 nitrogen and oxygen atoms in total. The van der Waals surface area contributed by atoms with Crippen LogP contribution < -0.4 is 0 Å². The van der Waals surface area contributed by atoms with Crippen molar-refractivity contribution in [2.24, 2.45) is 0 Å². The fourth-order valence-corrected chi connectivity index (χ4v) is 1.85. The molecule has 0 aromatic heterocycles. The monoisotopic (exact) mass is 301 g/mol. The molecule has 0 atom stereocenters. The Morgan fingerprint density at radius 2 is 1.43 bits per heavy atom. The molecule has 21 heavy (non-hydrogen) atoms. The molecular weight excluding hydrogens is 270 g/mol. The van der Waals surface area contributed by atoms with Crippen molar-refractivity contribution < 1.29 is 19.1 Å². The van der Waals surface area contributed by atoms with Crippen LogP contribution in [0.2, 0.25) is 0 Å². The molecule has 0 aromatic carbocycles. The van der Waals surface area contributed by atoms with Crippen molar-refractivity contribution in [1.82, 2.24) is 4.90 Å². The zero-order valence-corrected chi connectivity index (χ0v) is 13.9. The van der Waals surface area contributed by atoms with E-state index in [9.17, 15) is 9.59 Å². The summed E-state index contributed by atoms with van der Waals surface area (Å²) in [5.41, 5.74) is 0. The Hall–Kier alpha value is -1.26. The molecule has 5 heteroatoms. The number of unbranched alkanes of at least 4 members (excludes halogenated alkanes) is 6. The molecule has 0 aliphatic rings. The lowest BCUT2D eigenvalue weighted by atomic mass is 10.1. The van der Waals surface area contributed by atoms with Crippen LogP contribution in [0.3, 0.4) is 0 Å². The Morgan fingerprint density at radius 3 is 2.05 bits per heavy atom. The van der Waals surface area contributed by atoms with Crippen molar-refractivity contribution in [1.29, 1.82) is 0 Å². The zero-order valence-electron chi connectivity index (χ0n) is 13.9. The molecule has 0 heterocycles. The Bertz CT molecular complexity index is 281. The lowest BCUT2D eigenvalue weighted by Gasteiger charge is -2.15. The normalized spacial score (nSPS) is 10.2. The molecule has 0 fully saturated rings. The third kappa shape index (κ3) is 12.2. The van der Waals surface area contributed by atoms with E-state index in [1.165, 1.54) is 44.1 Å². The van der Waals surface area contributed by atoms with Crippen molar-refractivity contribution in [2.45, 2.75) is 65.2 Å². The van der Waals surface area contributed by atoms with E-state index in [0.717, 1.165) is 19.3 Å². The first kappa shape index (κ1) is 19.7. The van der Waals surface area contributed by atoms with Gasteiger partial charge in [0.2, 0.25) is 0 Å². The number of ether oxygens (including phenoxy) is 2. The summed E-state index contributed by atoms with van der Waals surface area (Å²) >= 11 is 0. The van der Waals surface area contributed by atoms with Crippen LogP contribution in [0.25, 0.3) is 0 Å². The van der Waals surface area contributed by atoms with E-state index in [0.29, 0.717) is 13.2 Å². The average molecular weight is 301 g/mol. The highest BCUT2D eigenvalue weighted by molar-refractivity contribution is 5.77. The third-order valence-electron chi connectivity index (χ3n) is 3.12. The molecule has 0 saturated heterocycles. The van der Waals surface area contributed by atoms with Gasteiger partial charge < -0.3 is 14.4 Å². The van der Waals surface area contributed by atoms with Gasteiger partial charge in [0.1, 0.15) is 6.54 Å². The number of hydrogen-bond donors (Lipinski definition) is 0. The first-order valence-electron chi connectivity index (χ1n) is 8.15. The van der Waals surface area contributed by atoms with Crippen LogP contribution in [0.4, 0.5) is 4.79 Å². The summed E-state index contributed by atoms with van der Waals surface area (Å²) < 4.78 is 10.0. The van der Waals surface area contributed by atoms with Gasteiger partial charge in [-0.1, -0.05) is 52.4 Å². The molecule has 0 spiro atoms. The second-order valence-corrected chi connectivity index (χ2v) is 5.31. The Kier molecular flexibility index (Phi) is 12.9. The smallest absolute Gasteiger partial charge is 0.410 e. The summed E-state index contributed by atoms with van der Waals surface area (Å²) in [5, 5.41) is 0. The number of likely N-dealkylation sites (N-methyl/N-ethyl adjacent to an activating group) is 1. The van der Waals surface area contributed by atoms with Crippen LogP contribution >= 0.6 is 0 Å². The number of nitrogens with zero attached hydrogens (tertiary/aromatic N) is 1. The van der Waals surface area contributed by atoms with Gasteiger partial charge in [-0.3, -0.25) is 4.79 Å². The molecular formula is C16H31NO4. The van der Waals surface area contributed by atoms with E-state index in [1.807, 2.05) is 6.92 Å². The van der Waals surface area contributed by atoms with Gasteiger partial charge in [0.05, 0.1) is 13.2 Å². The molecule has 0 rings (SSSR count). The molecule has 0 bridgehead atoms. The molecule has 1 amide bonds. The van der Waals surface area contributed by atoms with Gasteiger partial charge >= 0.3 is 12.1 Å². The van der Waals surface area contributed by atoms with Crippen molar-refractivity contribution >= 4 is 12.1 Å². The van der Waals surface area contributed by atoms with E-state index < -0.39 is 6.09 Å². The largest absolute Gasteiger partial charge is 0.464 e. The molecule has 0 aliphatic heterocycles. The van der Waals surface area contributed by atoms with Gasteiger partial charge in [0.25, 0.3) is 0 Å². The Morgan fingerprint density at radius 1 is 0.810 bits per heavy atom. The predicted octanol–water partition coefficient (Wildman–Crippen LogP) is 3.76. The van der Waals surface area contributed by atoms with Crippen molar-refractivity contribution in [3.05, 3.63) is 0 Å². The second-order valence-electron chi connectivity index (χ2n) is 5.31. The van der Waals surface area contributed by atoms with E-state index in [-0.39, 0.29) is 12.5 Å². The Balaban J connectivity index is 3.51. The maximum Gasteiger partial charge on any atom is 0.410 e. The van der Waals surface area contributed by atoms with E-state index in [4.69, 9.17) is 9.47 Å².